The van der Waals surface area contributed by atoms with Crippen LogP contribution in [0.25, 0.3) is 11.4 Å². The van der Waals surface area contributed by atoms with Gasteiger partial charge in [0.25, 0.3) is 6.47 Å². The fourth-order valence-corrected chi connectivity index (χ4v) is 1.71. The summed E-state index contributed by atoms with van der Waals surface area (Å²) in [5, 5.41) is 6.89. The molecule has 0 bridgehead atoms. The van der Waals surface area contributed by atoms with Gasteiger partial charge in [-0.1, -0.05) is 0 Å². The zero-order valence-corrected chi connectivity index (χ0v) is 10.6. The third-order valence-corrected chi connectivity index (χ3v) is 2.50. The second kappa shape index (κ2) is 6.37. The van der Waals surface area contributed by atoms with Crippen LogP contribution in [0, 0.1) is 0 Å². The topological polar surface area (TPSA) is 90.8 Å². The van der Waals surface area contributed by atoms with Crippen LogP contribution in [0.2, 0.25) is 0 Å². The van der Waals surface area contributed by atoms with E-state index in [0.717, 1.165) is 5.56 Å². The molecule has 0 fully saturated rings. The maximum atomic E-state index is 8.36. The molecule has 7 heteroatoms. The molecule has 20 heavy (non-hydrogen) atoms. The summed E-state index contributed by atoms with van der Waals surface area (Å²) in [5.41, 5.74) is 0.789. The molecule has 0 aliphatic carbocycles. The van der Waals surface area contributed by atoms with Gasteiger partial charge in [0, 0.05) is 18.5 Å². The average molecular weight is 276 g/mol. The van der Waals surface area contributed by atoms with Crippen LogP contribution in [0.1, 0.15) is 0 Å². The molecule has 0 amide bonds. The number of methoxy groups -OCH3 is 1. The maximum absolute atomic E-state index is 8.36. The molecule has 1 aromatic heterocycles. The molecule has 0 atom stereocenters. The van der Waals surface area contributed by atoms with E-state index in [1.165, 1.54) is 0 Å². The van der Waals surface area contributed by atoms with E-state index in [9.17, 15) is 0 Å². The van der Waals surface area contributed by atoms with Crippen molar-refractivity contribution in [2.75, 3.05) is 13.9 Å². The fourth-order valence-electron chi connectivity index (χ4n) is 1.71. The minimum Gasteiger partial charge on any atom is -0.496 e. The van der Waals surface area contributed by atoms with Crippen molar-refractivity contribution in [2.45, 2.75) is 0 Å². The quantitative estimate of drug-likeness (QED) is 0.832. The highest BCUT2D eigenvalue weighted by Gasteiger charge is 2.19. The molecule has 2 aromatic rings. The largest absolute Gasteiger partial charge is 0.496 e. The lowest BCUT2D eigenvalue weighted by molar-refractivity contribution is -0.122. The van der Waals surface area contributed by atoms with E-state index in [0.29, 0.717) is 23.1 Å². The van der Waals surface area contributed by atoms with Gasteiger partial charge < -0.3 is 19.3 Å². The molecular formula is C13H12N2O5. The van der Waals surface area contributed by atoms with E-state index in [2.05, 4.69) is 9.97 Å². The lowest BCUT2D eigenvalue weighted by atomic mass is 10.1. The predicted octanol–water partition coefficient (Wildman–Crippen LogP) is 1.58. The molecule has 1 aliphatic rings. The Kier molecular flexibility index (Phi) is 4.33. The van der Waals surface area contributed by atoms with Crippen LogP contribution in [-0.2, 0) is 4.79 Å². The molecule has 2 heterocycles. The number of benzene rings is 1. The van der Waals surface area contributed by atoms with Gasteiger partial charge >= 0.3 is 0 Å². The minimum atomic E-state index is -0.250. The SMILES string of the molecule is COc1cc2c(cc1-c1ncccn1)OCO2.O=CO. The molecule has 0 saturated carbocycles. The second-order valence-electron chi connectivity index (χ2n) is 3.58. The Morgan fingerprint density at radius 1 is 1.25 bits per heavy atom. The van der Waals surface area contributed by atoms with Gasteiger partial charge in [0.05, 0.1) is 12.7 Å². The smallest absolute Gasteiger partial charge is 0.290 e. The van der Waals surface area contributed by atoms with Crippen LogP contribution in [-0.4, -0.2) is 35.4 Å². The van der Waals surface area contributed by atoms with Crippen LogP contribution in [0.3, 0.4) is 0 Å². The Balaban J connectivity index is 0.000000452. The van der Waals surface area contributed by atoms with Gasteiger partial charge in [-0.25, -0.2) is 9.97 Å². The standard InChI is InChI=1S/C12H10N2O3.CH2O2/c1-15-9-6-11-10(16-7-17-11)5-8(9)12-13-3-2-4-14-12;2-1-3/h2-6H,7H2,1H3;1H,(H,2,3). The lowest BCUT2D eigenvalue weighted by Gasteiger charge is -2.08. The Hall–Kier alpha value is -2.83. The molecule has 7 nitrogen and oxygen atoms in total. The summed E-state index contributed by atoms with van der Waals surface area (Å²) in [6, 6.07) is 5.38. The number of hydrogen-bond donors (Lipinski definition) is 1. The molecular weight excluding hydrogens is 264 g/mol. The zero-order chi connectivity index (χ0) is 14.4. The first kappa shape index (κ1) is 13.6. The van der Waals surface area contributed by atoms with Crippen molar-refractivity contribution in [2.24, 2.45) is 0 Å². The summed E-state index contributed by atoms with van der Waals surface area (Å²) >= 11 is 0. The predicted molar refractivity (Wildman–Crippen MR) is 68.8 cm³/mol. The van der Waals surface area contributed by atoms with E-state index in [1.54, 1.807) is 31.6 Å². The van der Waals surface area contributed by atoms with Crippen LogP contribution < -0.4 is 14.2 Å². The van der Waals surface area contributed by atoms with Crippen molar-refractivity contribution in [3.05, 3.63) is 30.6 Å². The van der Waals surface area contributed by atoms with Gasteiger partial charge in [-0.2, -0.15) is 0 Å². The van der Waals surface area contributed by atoms with Crippen molar-refractivity contribution in [1.82, 2.24) is 9.97 Å². The van der Waals surface area contributed by atoms with E-state index in [4.69, 9.17) is 24.1 Å². The van der Waals surface area contributed by atoms with E-state index >= 15 is 0 Å². The van der Waals surface area contributed by atoms with Gasteiger partial charge in [-0.15, -0.1) is 0 Å². The monoisotopic (exact) mass is 276 g/mol. The van der Waals surface area contributed by atoms with Gasteiger partial charge in [0.2, 0.25) is 6.79 Å². The number of carboxylic acid groups (broad SMARTS) is 1. The molecule has 1 aliphatic heterocycles. The molecule has 0 saturated heterocycles. The molecule has 1 aromatic carbocycles. The molecule has 104 valence electrons. The summed E-state index contributed by atoms with van der Waals surface area (Å²) in [4.78, 5) is 16.8. The first-order chi connectivity index (χ1) is 9.80. The van der Waals surface area contributed by atoms with Crippen molar-refractivity contribution >= 4 is 6.47 Å². The number of aromatic nitrogens is 2. The second-order valence-corrected chi connectivity index (χ2v) is 3.58. The summed E-state index contributed by atoms with van der Waals surface area (Å²) in [7, 11) is 1.60. The summed E-state index contributed by atoms with van der Waals surface area (Å²) in [6.45, 7) is -0.0163. The number of carbonyl (C=O) groups is 1. The fraction of sp³-hybridized carbons (Fsp3) is 0.154. The normalized spacial score (nSPS) is 11.2. The first-order valence-electron chi connectivity index (χ1n) is 5.63. The summed E-state index contributed by atoms with van der Waals surface area (Å²) in [5.74, 6) is 2.64. The van der Waals surface area contributed by atoms with E-state index in [-0.39, 0.29) is 13.3 Å². The summed E-state index contributed by atoms with van der Waals surface area (Å²) < 4.78 is 15.9. The van der Waals surface area contributed by atoms with Crippen molar-refractivity contribution in [3.8, 4) is 28.6 Å². The molecule has 1 N–H and O–H groups in total. The van der Waals surface area contributed by atoms with Gasteiger partial charge in [0.1, 0.15) is 5.75 Å². The van der Waals surface area contributed by atoms with Gasteiger partial charge in [-0.3, -0.25) is 4.79 Å². The molecule has 0 unspecified atom stereocenters. The minimum absolute atomic E-state index is 0.234. The number of ether oxygens (including phenoxy) is 3. The number of rotatable bonds is 2. The van der Waals surface area contributed by atoms with E-state index in [1.807, 2.05) is 6.07 Å². The first-order valence-corrected chi connectivity index (χ1v) is 5.63. The van der Waals surface area contributed by atoms with Crippen LogP contribution in [0.15, 0.2) is 30.6 Å². The van der Waals surface area contributed by atoms with Crippen molar-refractivity contribution in [3.63, 3.8) is 0 Å². The van der Waals surface area contributed by atoms with Gasteiger partial charge in [0.15, 0.2) is 17.3 Å². The number of hydrogen-bond acceptors (Lipinski definition) is 6. The van der Waals surface area contributed by atoms with Crippen LogP contribution in [0.5, 0.6) is 17.2 Å². The highest BCUT2D eigenvalue weighted by atomic mass is 16.7. The Morgan fingerprint density at radius 3 is 2.45 bits per heavy atom. The number of fused-ring (bicyclic) bond motifs is 1. The Morgan fingerprint density at radius 2 is 1.85 bits per heavy atom. The lowest BCUT2D eigenvalue weighted by Crippen LogP contribution is -1.93. The highest BCUT2D eigenvalue weighted by Crippen LogP contribution is 2.41. The van der Waals surface area contributed by atoms with Crippen LogP contribution >= 0.6 is 0 Å². The molecule has 0 spiro atoms. The molecule has 3 rings (SSSR count). The zero-order valence-electron chi connectivity index (χ0n) is 10.6. The Bertz CT molecular complexity index is 589. The van der Waals surface area contributed by atoms with Crippen molar-refractivity contribution in [1.29, 1.82) is 0 Å². The van der Waals surface area contributed by atoms with Crippen LogP contribution in [0.4, 0.5) is 0 Å². The maximum Gasteiger partial charge on any atom is 0.290 e. The van der Waals surface area contributed by atoms with Crippen molar-refractivity contribution < 1.29 is 24.1 Å². The molecule has 0 radical (unpaired) electrons. The van der Waals surface area contributed by atoms with Gasteiger partial charge in [-0.05, 0) is 12.1 Å². The third kappa shape index (κ3) is 2.77. The number of nitrogens with zero attached hydrogens (tertiary/aromatic N) is 2. The highest BCUT2D eigenvalue weighted by molar-refractivity contribution is 5.69. The average Bonchev–Trinajstić information content (AvgIpc) is 2.95. The third-order valence-electron chi connectivity index (χ3n) is 2.50. The van der Waals surface area contributed by atoms with E-state index < -0.39 is 0 Å². The summed E-state index contributed by atoms with van der Waals surface area (Å²) in [6.07, 6.45) is 3.37. The Labute approximate surface area is 114 Å².